The molecule has 32 heavy (non-hydrogen) atoms. The molecule has 0 radical (unpaired) electrons. The first-order chi connectivity index (χ1) is 15.9. The number of nitrogens with one attached hydrogen (secondary N) is 1. The molecular weight excluding hydrogens is 386 g/mol. The number of fused-ring (bicyclic) bond motifs is 7. The summed E-state index contributed by atoms with van der Waals surface area (Å²) in [6.07, 6.45) is 0. The van der Waals surface area contributed by atoms with Crippen molar-refractivity contribution in [3.05, 3.63) is 144 Å². The molecule has 1 aliphatic rings. The molecule has 1 N–H and O–H groups in total. The minimum atomic E-state index is -0.347. The molecule has 0 bridgehead atoms. The van der Waals surface area contributed by atoms with E-state index in [-0.39, 0.29) is 5.41 Å². The van der Waals surface area contributed by atoms with Crippen LogP contribution in [0.1, 0.15) is 22.3 Å². The quantitative estimate of drug-likeness (QED) is 0.302. The van der Waals surface area contributed by atoms with Gasteiger partial charge in [0, 0.05) is 21.9 Å². The predicted molar refractivity (Wildman–Crippen MR) is 133 cm³/mol. The van der Waals surface area contributed by atoms with Crippen LogP contribution >= 0.6 is 0 Å². The summed E-state index contributed by atoms with van der Waals surface area (Å²) < 4.78 is 0. The normalized spacial score (nSPS) is 13.9. The molecule has 1 aliphatic carbocycles. The SMILES string of the molecule is c1ccc(C2(c3ccccc3)c3ccccc3-c3c2ccc2c3[nH]c3ccccc32)cc1. The summed E-state index contributed by atoms with van der Waals surface area (Å²) in [5, 5.41) is 2.56. The first kappa shape index (κ1) is 17.6. The lowest BCUT2D eigenvalue weighted by molar-refractivity contribution is 0.769. The lowest BCUT2D eigenvalue weighted by Gasteiger charge is -2.33. The molecule has 5 aromatic carbocycles. The van der Waals surface area contributed by atoms with E-state index in [0.717, 1.165) is 0 Å². The van der Waals surface area contributed by atoms with E-state index in [1.165, 1.54) is 55.2 Å². The van der Waals surface area contributed by atoms with E-state index in [0.29, 0.717) is 0 Å². The molecule has 0 amide bonds. The Morgan fingerprint density at radius 2 is 1.09 bits per heavy atom. The average molecular weight is 408 g/mol. The highest BCUT2D eigenvalue weighted by Gasteiger charge is 2.46. The minimum Gasteiger partial charge on any atom is -0.354 e. The van der Waals surface area contributed by atoms with E-state index < -0.39 is 0 Å². The smallest absolute Gasteiger partial charge is 0.0714 e. The Hall–Kier alpha value is -4.10. The van der Waals surface area contributed by atoms with Crippen molar-refractivity contribution in [1.29, 1.82) is 0 Å². The summed E-state index contributed by atoms with van der Waals surface area (Å²) in [5.41, 5.74) is 9.99. The molecule has 0 saturated heterocycles. The van der Waals surface area contributed by atoms with Gasteiger partial charge in [0.1, 0.15) is 0 Å². The topological polar surface area (TPSA) is 15.8 Å². The molecule has 1 heterocycles. The first-order valence-corrected chi connectivity index (χ1v) is 11.1. The van der Waals surface area contributed by atoms with Crippen molar-refractivity contribution in [1.82, 2.24) is 4.98 Å². The highest BCUT2D eigenvalue weighted by atomic mass is 14.7. The molecule has 1 nitrogen and oxygen atoms in total. The summed E-state index contributed by atoms with van der Waals surface area (Å²) in [4.78, 5) is 3.76. The first-order valence-electron chi connectivity index (χ1n) is 11.1. The molecule has 7 rings (SSSR count). The van der Waals surface area contributed by atoms with Crippen molar-refractivity contribution < 1.29 is 0 Å². The van der Waals surface area contributed by atoms with Crippen molar-refractivity contribution in [2.45, 2.75) is 5.41 Å². The van der Waals surface area contributed by atoms with Gasteiger partial charge in [-0.15, -0.1) is 0 Å². The Labute approximate surface area is 187 Å². The van der Waals surface area contributed by atoms with Crippen molar-refractivity contribution in [2.75, 3.05) is 0 Å². The molecule has 0 atom stereocenters. The van der Waals surface area contributed by atoms with Crippen molar-refractivity contribution in [3.63, 3.8) is 0 Å². The largest absolute Gasteiger partial charge is 0.354 e. The van der Waals surface area contributed by atoms with Crippen LogP contribution in [0.5, 0.6) is 0 Å². The molecule has 150 valence electrons. The van der Waals surface area contributed by atoms with Crippen LogP contribution in [0.3, 0.4) is 0 Å². The molecule has 0 unspecified atom stereocenters. The molecule has 1 aromatic heterocycles. The lowest BCUT2D eigenvalue weighted by atomic mass is 9.67. The minimum absolute atomic E-state index is 0.347. The highest BCUT2D eigenvalue weighted by Crippen LogP contribution is 2.57. The number of hydrogen-bond donors (Lipinski definition) is 1. The third-order valence-corrected chi connectivity index (χ3v) is 7.10. The van der Waals surface area contributed by atoms with Crippen molar-refractivity contribution >= 4 is 21.8 Å². The van der Waals surface area contributed by atoms with Gasteiger partial charge in [0.2, 0.25) is 0 Å². The molecule has 0 aliphatic heterocycles. The van der Waals surface area contributed by atoms with Gasteiger partial charge in [0.15, 0.2) is 0 Å². The number of H-pyrrole nitrogens is 1. The molecule has 0 spiro atoms. The van der Waals surface area contributed by atoms with Crippen LogP contribution in [0.25, 0.3) is 32.9 Å². The van der Waals surface area contributed by atoms with Gasteiger partial charge in [-0.3, -0.25) is 0 Å². The fraction of sp³-hybridized carbons (Fsp3) is 0.0323. The van der Waals surface area contributed by atoms with Crippen molar-refractivity contribution in [3.8, 4) is 11.1 Å². The summed E-state index contributed by atoms with van der Waals surface area (Å²) in [5.74, 6) is 0. The Morgan fingerprint density at radius 1 is 0.469 bits per heavy atom. The van der Waals surface area contributed by atoms with Crippen LogP contribution in [0, 0.1) is 0 Å². The Morgan fingerprint density at radius 3 is 1.84 bits per heavy atom. The van der Waals surface area contributed by atoms with Gasteiger partial charge < -0.3 is 4.98 Å². The molecule has 0 saturated carbocycles. The van der Waals surface area contributed by atoms with Gasteiger partial charge in [-0.25, -0.2) is 0 Å². The van der Waals surface area contributed by atoms with Crippen LogP contribution in [0.2, 0.25) is 0 Å². The monoisotopic (exact) mass is 407 g/mol. The van der Waals surface area contributed by atoms with Gasteiger partial charge in [0.25, 0.3) is 0 Å². The van der Waals surface area contributed by atoms with Crippen LogP contribution in [-0.4, -0.2) is 4.98 Å². The maximum atomic E-state index is 3.76. The standard InChI is InChI=1S/C31H21N/c1-3-11-21(12-4-1)31(22-13-5-2-6-14-22)26-17-9-7-16-25(26)29-27(31)20-19-24-23-15-8-10-18-28(23)32-30(24)29/h1-20,32H. The van der Waals surface area contributed by atoms with E-state index in [1.807, 2.05) is 0 Å². The van der Waals surface area contributed by atoms with E-state index in [4.69, 9.17) is 0 Å². The van der Waals surface area contributed by atoms with E-state index in [9.17, 15) is 0 Å². The Balaban J connectivity index is 1.71. The second-order valence-electron chi connectivity index (χ2n) is 8.61. The summed E-state index contributed by atoms with van der Waals surface area (Å²) in [6, 6.07) is 44.1. The van der Waals surface area contributed by atoms with Gasteiger partial charge in [-0.1, -0.05) is 115 Å². The third kappa shape index (κ3) is 2.13. The summed E-state index contributed by atoms with van der Waals surface area (Å²) in [6.45, 7) is 0. The Kier molecular flexibility index (Phi) is 3.54. The maximum absolute atomic E-state index is 3.76. The predicted octanol–water partition coefficient (Wildman–Crippen LogP) is 7.68. The zero-order valence-electron chi connectivity index (χ0n) is 17.5. The van der Waals surface area contributed by atoms with E-state index in [2.05, 4.69) is 126 Å². The van der Waals surface area contributed by atoms with Crippen LogP contribution in [0.15, 0.2) is 121 Å². The van der Waals surface area contributed by atoms with Crippen molar-refractivity contribution in [2.24, 2.45) is 0 Å². The zero-order valence-corrected chi connectivity index (χ0v) is 17.5. The highest BCUT2D eigenvalue weighted by molar-refractivity contribution is 6.14. The number of para-hydroxylation sites is 1. The number of rotatable bonds is 2. The molecular formula is C31H21N. The second-order valence-corrected chi connectivity index (χ2v) is 8.61. The third-order valence-electron chi connectivity index (χ3n) is 7.10. The van der Waals surface area contributed by atoms with Crippen LogP contribution < -0.4 is 0 Å². The summed E-state index contributed by atoms with van der Waals surface area (Å²) >= 11 is 0. The van der Waals surface area contributed by atoms with Gasteiger partial charge >= 0.3 is 0 Å². The number of hydrogen-bond acceptors (Lipinski definition) is 0. The average Bonchev–Trinajstić information content (AvgIpc) is 3.39. The van der Waals surface area contributed by atoms with Gasteiger partial charge in [-0.2, -0.15) is 0 Å². The van der Waals surface area contributed by atoms with Crippen LogP contribution in [0.4, 0.5) is 0 Å². The molecule has 6 aromatic rings. The lowest BCUT2D eigenvalue weighted by Crippen LogP contribution is -2.28. The zero-order chi connectivity index (χ0) is 21.1. The van der Waals surface area contributed by atoms with Gasteiger partial charge in [-0.05, 0) is 33.9 Å². The van der Waals surface area contributed by atoms with Crippen LogP contribution in [-0.2, 0) is 5.41 Å². The number of aromatic nitrogens is 1. The number of benzene rings is 5. The van der Waals surface area contributed by atoms with E-state index in [1.54, 1.807) is 0 Å². The van der Waals surface area contributed by atoms with E-state index >= 15 is 0 Å². The Bertz CT molecular complexity index is 1570. The second kappa shape index (κ2) is 6.45. The fourth-order valence-corrected chi connectivity index (χ4v) is 5.85. The maximum Gasteiger partial charge on any atom is 0.0714 e. The van der Waals surface area contributed by atoms with Gasteiger partial charge in [0.05, 0.1) is 10.9 Å². The summed E-state index contributed by atoms with van der Waals surface area (Å²) in [7, 11) is 0. The molecule has 1 heteroatoms. The number of aromatic amines is 1. The fourth-order valence-electron chi connectivity index (χ4n) is 5.85. The molecule has 0 fully saturated rings.